The lowest BCUT2D eigenvalue weighted by Gasteiger charge is -2.18. The molecular formula is C22H20F3N4O4P. The van der Waals surface area contributed by atoms with Crippen molar-refractivity contribution in [2.45, 2.75) is 12.6 Å². The average Bonchev–Trinajstić information content (AvgIpc) is 3.23. The number of anilines is 4. The number of aromatic carboxylic acids is 1. The number of rotatable bonds is 6. The van der Waals surface area contributed by atoms with E-state index in [1.165, 1.54) is 31.5 Å². The Morgan fingerprint density at radius 3 is 2.53 bits per heavy atom. The summed E-state index contributed by atoms with van der Waals surface area (Å²) < 4.78 is 59.2. The number of carboxylic acids is 1. The highest BCUT2D eigenvalue weighted by atomic mass is 31.2. The molecule has 0 aliphatic carbocycles. The van der Waals surface area contributed by atoms with Crippen molar-refractivity contribution >= 4 is 41.6 Å². The van der Waals surface area contributed by atoms with Crippen LogP contribution in [0.15, 0.2) is 42.6 Å². The Morgan fingerprint density at radius 1 is 1.12 bits per heavy atom. The third kappa shape index (κ3) is 4.70. The van der Waals surface area contributed by atoms with Gasteiger partial charge in [0.25, 0.3) is 0 Å². The molecule has 4 rings (SSSR count). The van der Waals surface area contributed by atoms with Gasteiger partial charge in [0, 0.05) is 23.5 Å². The number of halogens is 3. The molecule has 0 radical (unpaired) electrons. The van der Waals surface area contributed by atoms with E-state index >= 15 is 0 Å². The van der Waals surface area contributed by atoms with Crippen molar-refractivity contribution < 1.29 is 32.4 Å². The van der Waals surface area contributed by atoms with Crippen molar-refractivity contribution in [1.29, 1.82) is 0 Å². The van der Waals surface area contributed by atoms with Gasteiger partial charge in [-0.2, -0.15) is 18.2 Å². The van der Waals surface area contributed by atoms with Crippen molar-refractivity contribution in [2.24, 2.45) is 0 Å². The third-order valence-electron chi connectivity index (χ3n) is 5.17. The minimum Gasteiger partial charge on any atom is -0.491 e. The van der Waals surface area contributed by atoms with Crippen LogP contribution in [0, 0.1) is 0 Å². The molecule has 0 unspecified atom stereocenters. The Hall–Kier alpha value is -3.59. The largest absolute Gasteiger partial charge is 0.491 e. The van der Waals surface area contributed by atoms with E-state index in [0.29, 0.717) is 34.9 Å². The van der Waals surface area contributed by atoms with Crippen LogP contribution in [-0.4, -0.2) is 41.0 Å². The number of para-hydroxylation sites is 1. The Kier molecular flexibility index (Phi) is 5.99. The number of alkyl halides is 3. The van der Waals surface area contributed by atoms with E-state index in [9.17, 15) is 27.6 Å². The number of hydrogen-bond acceptors (Lipinski definition) is 7. The summed E-state index contributed by atoms with van der Waals surface area (Å²) >= 11 is 0. The number of nitrogens with one attached hydrogen (secondary N) is 2. The molecule has 178 valence electrons. The molecule has 0 spiro atoms. The molecule has 0 saturated heterocycles. The maximum atomic E-state index is 13.7. The first-order chi connectivity index (χ1) is 15.9. The number of benzene rings is 2. The summed E-state index contributed by atoms with van der Waals surface area (Å²) in [6.45, 7) is 3.32. The first kappa shape index (κ1) is 23.6. The number of nitrogens with zero attached hydrogens (tertiary/aromatic N) is 2. The lowest BCUT2D eigenvalue weighted by atomic mass is 10.0. The van der Waals surface area contributed by atoms with Crippen LogP contribution >= 0.6 is 7.14 Å². The van der Waals surface area contributed by atoms with Gasteiger partial charge in [-0.3, -0.25) is 0 Å². The molecule has 0 amide bonds. The van der Waals surface area contributed by atoms with E-state index in [4.69, 9.17) is 4.74 Å². The molecule has 12 heteroatoms. The zero-order chi connectivity index (χ0) is 24.7. The predicted octanol–water partition coefficient (Wildman–Crippen LogP) is 4.86. The lowest BCUT2D eigenvalue weighted by Crippen LogP contribution is -2.16. The van der Waals surface area contributed by atoms with Crippen LogP contribution in [0.5, 0.6) is 5.75 Å². The quantitative estimate of drug-likeness (QED) is 0.418. The molecule has 34 heavy (non-hydrogen) atoms. The van der Waals surface area contributed by atoms with E-state index in [2.05, 4.69) is 20.6 Å². The first-order valence-corrected chi connectivity index (χ1v) is 12.7. The summed E-state index contributed by atoms with van der Waals surface area (Å²) in [4.78, 5) is 19.3. The molecule has 3 N–H and O–H groups in total. The van der Waals surface area contributed by atoms with Crippen molar-refractivity contribution in [3.8, 4) is 5.75 Å². The van der Waals surface area contributed by atoms with E-state index in [1.54, 1.807) is 18.2 Å². The molecule has 1 aromatic heterocycles. The van der Waals surface area contributed by atoms with Crippen molar-refractivity contribution in [1.82, 2.24) is 9.97 Å². The van der Waals surface area contributed by atoms with Gasteiger partial charge >= 0.3 is 12.1 Å². The minimum absolute atomic E-state index is 0.0916. The van der Waals surface area contributed by atoms with E-state index in [0.717, 1.165) is 0 Å². The molecule has 3 aromatic rings. The monoisotopic (exact) mass is 492 g/mol. The average molecular weight is 492 g/mol. The summed E-state index contributed by atoms with van der Waals surface area (Å²) in [6.07, 6.45) is -3.71. The SMILES string of the molecule is CP(C)(=O)c1ccccc1Nc1nc(Nc2ccc(C(=O)O)c3c2OCC3)ncc1C(F)(F)F. The molecular weight excluding hydrogens is 472 g/mol. The fourth-order valence-electron chi connectivity index (χ4n) is 3.64. The first-order valence-electron chi connectivity index (χ1n) is 10.1. The highest BCUT2D eigenvalue weighted by Gasteiger charge is 2.36. The van der Waals surface area contributed by atoms with Crippen LogP contribution < -0.4 is 20.7 Å². The summed E-state index contributed by atoms with van der Waals surface area (Å²) in [6, 6.07) is 9.20. The van der Waals surface area contributed by atoms with Gasteiger partial charge in [0.05, 0.1) is 23.5 Å². The highest BCUT2D eigenvalue weighted by molar-refractivity contribution is 7.70. The van der Waals surface area contributed by atoms with Crippen molar-refractivity contribution in [3.63, 3.8) is 0 Å². The number of ether oxygens (including phenoxy) is 1. The zero-order valence-corrected chi connectivity index (χ0v) is 19.0. The molecule has 1 aliphatic heterocycles. The Morgan fingerprint density at radius 2 is 1.85 bits per heavy atom. The zero-order valence-electron chi connectivity index (χ0n) is 18.1. The van der Waals surface area contributed by atoms with Crippen LogP contribution in [-0.2, 0) is 17.2 Å². The number of carbonyl (C=O) groups is 1. The smallest absolute Gasteiger partial charge is 0.421 e. The van der Waals surface area contributed by atoms with Gasteiger partial charge in [0.1, 0.15) is 24.3 Å². The summed E-state index contributed by atoms with van der Waals surface area (Å²) in [5.74, 6) is -1.50. The second-order valence-electron chi connectivity index (χ2n) is 7.94. The molecule has 0 bridgehead atoms. The van der Waals surface area contributed by atoms with Crippen LogP contribution in [0.1, 0.15) is 21.5 Å². The molecule has 1 aliphatic rings. The van der Waals surface area contributed by atoms with Crippen LogP contribution in [0.2, 0.25) is 0 Å². The molecule has 2 heterocycles. The fraction of sp³-hybridized carbons (Fsp3) is 0.227. The van der Waals surface area contributed by atoms with Gasteiger partial charge in [-0.05, 0) is 37.6 Å². The number of aromatic nitrogens is 2. The van der Waals surface area contributed by atoms with Gasteiger partial charge in [0.15, 0.2) is 0 Å². The van der Waals surface area contributed by atoms with Gasteiger partial charge in [-0.1, -0.05) is 12.1 Å². The molecule has 8 nitrogen and oxygen atoms in total. The topological polar surface area (TPSA) is 113 Å². The van der Waals surface area contributed by atoms with Crippen LogP contribution in [0.4, 0.5) is 36.3 Å². The second-order valence-corrected chi connectivity index (χ2v) is 11.1. The third-order valence-corrected chi connectivity index (χ3v) is 6.72. The van der Waals surface area contributed by atoms with Crippen LogP contribution in [0.25, 0.3) is 0 Å². The summed E-state index contributed by atoms with van der Waals surface area (Å²) in [5, 5.41) is 15.2. The minimum atomic E-state index is -4.74. The van der Waals surface area contributed by atoms with E-state index in [-0.39, 0.29) is 23.8 Å². The van der Waals surface area contributed by atoms with Gasteiger partial charge in [-0.25, -0.2) is 9.78 Å². The summed E-state index contributed by atoms with van der Waals surface area (Å²) in [7, 11) is -2.80. The van der Waals surface area contributed by atoms with Gasteiger partial charge in [-0.15, -0.1) is 0 Å². The number of fused-ring (bicyclic) bond motifs is 1. The normalized spacial score (nSPS) is 13.2. The van der Waals surface area contributed by atoms with E-state index in [1.807, 2.05) is 0 Å². The highest BCUT2D eigenvalue weighted by Crippen LogP contribution is 2.41. The maximum absolute atomic E-state index is 13.7. The Labute approximate surface area is 192 Å². The molecule has 0 atom stereocenters. The van der Waals surface area contributed by atoms with Crippen LogP contribution in [0.3, 0.4) is 0 Å². The van der Waals surface area contributed by atoms with E-state index < -0.39 is 30.7 Å². The predicted molar refractivity (Wildman–Crippen MR) is 122 cm³/mol. The molecule has 0 fully saturated rings. The molecule has 2 aromatic carbocycles. The van der Waals surface area contributed by atoms with Gasteiger partial charge < -0.3 is 25.0 Å². The second kappa shape index (κ2) is 8.64. The summed E-state index contributed by atoms with van der Waals surface area (Å²) in [5.41, 5.74) is 0.0427. The number of hydrogen-bond donors (Lipinski definition) is 3. The maximum Gasteiger partial charge on any atom is 0.421 e. The Balaban J connectivity index is 1.74. The fourth-order valence-corrected chi connectivity index (χ4v) is 4.79. The Bertz CT molecular complexity index is 1320. The van der Waals surface area contributed by atoms with Crippen molar-refractivity contribution in [3.05, 3.63) is 59.3 Å². The lowest BCUT2D eigenvalue weighted by molar-refractivity contribution is -0.137. The standard InChI is InChI=1S/C22H20F3N4O4P/c1-34(2,32)17-6-4-3-5-15(17)27-19-14(22(23,24)25)11-26-21(29-19)28-16-8-7-13(20(30)31)12-9-10-33-18(12)16/h3-8,11H,9-10H2,1-2H3,(H,30,31)(H2,26,27,28,29). The van der Waals surface area contributed by atoms with Crippen molar-refractivity contribution in [2.75, 3.05) is 30.6 Å². The molecule has 0 saturated carbocycles. The van der Waals surface area contributed by atoms with Gasteiger partial charge in [0.2, 0.25) is 5.95 Å². The number of carboxylic acid groups (broad SMARTS) is 1.